The zero-order valence-corrected chi connectivity index (χ0v) is 16.1. The standard InChI is InChI=1S/C18H31N3OS/c1-7-19-17(20-10-11-23(22)18(4,5)6)21-13-16-9-8-14(2)12-15(16)3/h8-9,12H,7,10-11,13H2,1-6H3,(H2,19,20,21). The quantitative estimate of drug-likeness (QED) is 0.620. The minimum Gasteiger partial charge on any atom is -0.357 e. The third-order valence-electron chi connectivity index (χ3n) is 3.51. The van der Waals surface area contributed by atoms with E-state index >= 15 is 0 Å². The monoisotopic (exact) mass is 337 g/mol. The highest BCUT2D eigenvalue weighted by Crippen LogP contribution is 2.12. The molecule has 4 nitrogen and oxygen atoms in total. The Morgan fingerprint density at radius 3 is 2.48 bits per heavy atom. The van der Waals surface area contributed by atoms with Gasteiger partial charge in [0.2, 0.25) is 0 Å². The summed E-state index contributed by atoms with van der Waals surface area (Å²) in [5, 5.41) is 6.51. The van der Waals surface area contributed by atoms with Gasteiger partial charge in [-0.25, -0.2) is 4.99 Å². The Labute approximate surface area is 143 Å². The number of nitrogens with one attached hydrogen (secondary N) is 2. The molecule has 130 valence electrons. The highest BCUT2D eigenvalue weighted by molar-refractivity contribution is 7.86. The lowest BCUT2D eigenvalue weighted by molar-refractivity contribution is 0.647. The second-order valence-electron chi connectivity index (χ2n) is 6.71. The van der Waals surface area contributed by atoms with E-state index in [1.54, 1.807) is 0 Å². The van der Waals surface area contributed by atoms with Crippen LogP contribution in [0.2, 0.25) is 0 Å². The predicted octanol–water partition coefficient (Wildman–Crippen LogP) is 2.91. The van der Waals surface area contributed by atoms with E-state index < -0.39 is 10.8 Å². The molecule has 0 fully saturated rings. The van der Waals surface area contributed by atoms with Crippen LogP contribution >= 0.6 is 0 Å². The first-order valence-corrected chi connectivity index (χ1v) is 9.52. The third-order valence-corrected chi connectivity index (χ3v) is 5.45. The lowest BCUT2D eigenvalue weighted by Crippen LogP contribution is -2.40. The second kappa shape index (κ2) is 9.06. The Hall–Kier alpha value is -1.36. The smallest absolute Gasteiger partial charge is 0.191 e. The molecular weight excluding hydrogens is 306 g/mol. The number of nitrogens with zero attached hydrogens (tertiary/aromatic N) is 1. The van der Waals surface area contributed by atoms with Crippen LogP contribution in [0.1, 0.15) is 44.4 Å². The first kappa shape index (κ1) is 19.7. The summed E-state index contributed by atoms with van der Waals surface area (Å²) in [6.45, 7) is 14.4. The van der Waals surface area contributed by atoms with Crippen LogP contribution in [0.3, 0.4) is 0 Å². The molecule has 1 rings (SSSR count). The number of hydrogen-bond acceptors (Lipinski definition) is 2. The van der Waals surface area contributed by atoms with E-state index in [4.69, 9.17) is 0 Å². The van der Waals surface area contributed by atoms with Gasteiger partial charge < -0.3 is 10.6 Å². The molecule has 0 heterocycles. The molecule has 0 bridgehead atoms. The van der Waals surface area contributed by atoms with E-state index in [0.29, 0.717) is 18.8 Å². The van der Waals surface area contributed by atoms with Crippen LogP contribution < -0.4 is 10.6 Å². The summed E-state index contributed by atoms with van der Waals surface area (Å²) in [7, 11) is -0.849. The van der Waals surface area contributed by atoms with Crippen molar-refractivity contribution in [3.63, 3.8) is 0 Å². The van der Waals surface area contributed by atoms with Crippen LogP contribution in [0.25, 0.3) is 0 Å². The number of hydrogen-bond donors (Lipinski definition) is 2. The van der Waals surface area contributed by atoms with Gasteiger partial charge in [0, 0.05) is 34.4 Å². The van der Waals surface area contributed by atoms with Gasteiger partial charge in [0.05, 0.1) is 6.54 Å². The van der Waals surface area contributed by atoms with Crippen molar-refractivity contribution >= 4 is 16.8 Å². The molecule has 5 heteroatoms. The van der Waals surface area contributed by atoms with E-state index in [-0.39, 0.29) is 4.75 Å². The Balaban J connectivity index is 2.61. The number of aliphatic imine (C=N–C) groups is 1. The summed E-state index contributed by atoms with van der Waals surface area (Å²) < 4.78 is 11.9. The molecule has 1 atom stereocenters. The van der Waals surface area contributed by atoms with Gasteiger partial charge in [-0.1, -0.05) is 23.8 Å². The number of benzene rings is 1. The first-order chi connectivity index (χ1) is 10.7. The Kier molecular flexibility index (Phi) is 7.76. The maximum absolute atomic E-state index is 12.1. The normalized spacial score (nSPS) is 13.7. The summed E-state index contributed by atoms with van der Waals surface area (Å²) in [4.78, 5) is 4.63. The highest BCUT2D eigenvalue weighted by atomic mass is 32.2. The average molecular weight is 338 g/mol. The molecular formula is C18H31N3OS. The molecule has 2 N–H and O–H groups in total. The van der Waals surface area contributed by atoms with Crippen molar-refractivity contribution in [2.45, 2.75) is 52.8 Å². The summed E-state index contributed by atoms with van der Waals surface area (Å²) in [5.74, 6) is 1.40. The van der Waals surface area contributed by atoms with Crippen molar-refractivity contribution in [2.75, 3.05) is 18.8 Å². The van der Waals surface area contributed by atoms with Gasteiger partial charge in [-0.15, -0.1) is 0 Å². The van der Waals surface area contributed by atoms with Gasteiger partial charge in [-0.3, -0.25) is 4.21 Å². The fourth-order valence-electron chi connectivity index (χ4n) is 2.10. The molecule has 0 radical (unpaired) electrons. The van der Waals surface area contributed by atoms with Crippen LogP contribution in [0.15, 0.2) is 23.2 Å². The predicted molar refractivity (Wildman–Crippen MR) is 101 cm³/mol. The minimum absolute atomic E-state index is 0.170. The fourth-order valence-corrected chi connectivity index (χ4v) is 3.00. The fraction of sp³-hybridized carbons (Fsp3) is 0.611. The van der Waals surface area contributed by atoms with Crippen molar-refractivity contribution in [2.24, 2.45) is 4.99 Å². The summed E-state index contributed by atoms with van der Waals surface area (Å²) in [6, 6.07) is 6.43. The molecule has 0 aliphatic heterocycles. The van der Waals surface area contributed by atoms with Crippen LogP contribution in [-0.2, 0) is 17.3 Å². The molecule has 1 unspecified atom stereocenters. The molecule has 0 saturated heterocycles. The molecule has 0 aliphatic carbocycles. The summed E-state index contributed by atoms with van der Waals surface area (Å²) in [5.41, 5.74) is 3.76. The van der Waals surface area contributed by atoms with Gasteiger partial charge in [0.1, 0.15) is 0 Å². The average Bonchev–Trinajstić information content (AvgIpc) is 2.45. The number of aryl methyl sites for hydroxylation is 2. The number of guanidine groups is 1. The molecule has 23 heavy (non-hydrogen) atoms. The van der Waals surface area contributed by atoms with Crippen molar-refractivity contribution in [3.8, 4) is 0 Å². The lowest BCUT2D eigenvalue weighted by atomic mass is 10.1. The van der Waals surface area contributed by atoms with E-state index in [9.17, 15) is 4.21 Å². The summed E-state index contributed by atoms with van der Waals surface area (Å²) in [6.07, 6.45) is 0. The van der Waals surface area contributed by atoms with Crippen molar-refractivity contribution in [3.05, 3.63) is 34.9 Å². The second-order valence-corrected chi connectivity index (χ2v) is 9.04. The van der Waals surface area contributed by atoms with Crippen LogP contribution in [0, 0.1) is 13.8 Å². The molecule has 0 aromatic heterocycles. The Bertz CT molecular complexity index is 562. The largest absolute Gasteiger partial charge is 0.357 e. The maximum Gasteiger partial charge on any atom is 0.191 e. The van der Waals surface area contributed by atoms with E-state index in [0.717, 1.165) is 12.5 Å². The molecule has 0 spiro atoms. The Morgan fingerprint density at radius 1 is 1.22 bits per heavy atom. The maximum atomic E-state index is 12.1. The van der Waals surface area contributed by atoms with Gasteiger partial charge in [0.15, 0.2) is 5.96 Å². The number of rotatable bonds is 6. The lowest BCUT2D eigenvalue weighted by Gasteiger charge is -2.18. The first-order valence-electron chi connectivity index (χ1n) is 8.21. The van der Waals surface area contributed by atoms with E-state index in [1.165, 1.54) is 16.7 Å². The zero-order valence-electron chi connectivity index (χ0n) is 15.3. The van der Waals surface area contributed by atoms with Gasteiger partial charge in [0.25, 0.3) is 0 Å². The van der Waals surface area contributed by atoms with Crippen molar-refractivity contribution in [1.29, 1.82) is 0 Å². The van der Waals surface area contributed by atoms with Crippen molar-refractivity contribution in [1.82, 2.24) is 10.6 Å². The molecule has 1 aromatic carbocycles. The van der Waals surface area contributed by atoms with Crippen LogP contribution in [0.4, 0.5) is 0 Å². The van der Waals surface area contributed by atoms with Gasteiger partial charge in [-0.2, -0.15) is 0 Å². The SMILES string of the molecule is CCNC(=NCc1ccc(C)cc1C)NCCS(=O)C(C)(C)C. The van der Waals surface area contributed by atoms with Gasteiger partial charge in [-0.05, 0) is 52.7 Å². The van der Waals surface area contributed by atoms with Crippen LogP contribution in [0.5, 0.6) is 0 Å². The molecule has 1 aromatic rings. The zero-order chi connectivity index (χ0) is 17.5. The molecule has 0 amide bonds. The minimum atomic E-state index is -0.849. The highest BCUT2D eigenvalue weighted by Gasteiger charge is 2.18. The van der Waals surface area contributed by atoms with Crippen LogP contribution in [-0.4, -0.2) is 33.8 Å². The van der Waals surface area contributed by atoms with E-state index in [2.05, 4.69) is 47.7 Å². The topological polar surface area (TPSA) is 53.5 Å². The molecule has 0 saturated carbocycles. The Morgan fingerprint density at radius 2 is 1.91 bits per heavy atom. The van der Waals surface area contributed by atoms with E-state index in [1.807, 2.05) is 27.7 Å². The summed E-state index contributed by atoms with van der Waals surface area (Å²) >= 11 is 0. The third kappa shape index (κ3) is 7.16. The molecule has 0 aliphatic rings. The van der Waals surface area contributed by atoms with Crippen molar-refractivity contribution < 1.29 is 4.21 Å². The van der Waals surface area contributed by atoms with Gasteiger partial charge >= 0.3 is 0 Å².